The molecule has 2 N–H and O–H groups in total. The Balaban J connectivity index is 2.85. The Labute approximate surface area is 82.8 Å². The lowest BCUT2D eigenvalue weighted by atomic mass is 9.83. The van der Waals surface area contributed by atoms with Crippen molar-refractivity contribution in [3.05, 3.63) is 12.7 Å². The first kappa shape index (κ1) is 11.2. The number of hydrogen-bond donors (Lipinski definition) is 1. The molecule has 0 spiro atoms. The molecule has 6 heteroatoms. The Bertz CT molecular complexity index is 348. The number of hydrogen-bond acceptors (Lipinski definition) is 5. The Morgan fingerprint density at radius 3 is 2.43 bits per heavy atom. The van der Waals surface area contributed by atoms with Crippen LogP contribution >= 0.6 is 0 Å². The quantitative estimate of drug-likeness (QED) is 0.490. The second-order valence-corrected chi connectivity index (χ2v) is 5.53. The maximum absolute atomic E-state index is 11.1. The molecule has 0 amide bonds. The normalized spacial score (nSPS) is 24.4. The molecule has 0 bridgehead atoms. The van der Waals surface area contributed by atoms with Crippen LogP contribution in [0.5, 0.6) is 0 Å². The fraction of sp³-hybridized carbons (Fsp3) is 0.625. The van der Waals surface area contributed by atoms with Crippen molar-refractivity contribution in [1.29, 1.82) is 0 Å². The molecule has 1 saturated heterocycles. The van der Waals surface area contributed by atoms with Crippen molar-refractivity contribution in [2.45, 2.75) is 6.04 Å². The lowest BCUT2D eigenvalue weighted by molar-refractivity contribution is -0.144. The minimum Gasteiger partial charge on any atom is -0.468 e. The first-order valence-corrected chi connectivity index (χ1v) is 5.86. The van der Waals surface area contributed by atoms with Gasteiger partial charge in [0, 0.05) is 5.41 Å². The highest BCUT2D eigenvalue weighted by atomic mass is 32.2. The van der Waals surface area contributed by atoms with Crippen molar-refractivity contribution in [2.75, 3.05) is 18.6 Å². The van der Waals surface area contributed by atoms with Crippen molar-refractivity contribution in [1.82, 2.24) is 0 Å². The summed E-state index contributed by atoms with van der Waals surface area (Å²) in [6, 6.07) is -0.950. The molecule has 1 atom stereocenters. The molecule has 1 fully saturated rings. The summed E-state index contributed by atoms with van der Waals surface area (Å²) in [7, 11) is -1.83. The van der Waals surface area contributed by atoms with Crippen LogP contribution in [-0.4, -0.2) is 39.0 Å². The summed E-state index contributed by atoms with van der Waals surface area (Å²) in [5.74, 6) is -0.862. The van der Waals surface area contributed by atoms with Gasteiger partial charge >= 0.3 is 5.97 Å². The van der Waals surface area contributed by atoms with E-state index >= 15 is 0 Å². The lowest BCUT2D eigenvalue weighted by Crippen LogP contribution is -2.60. The fourth-order valence-electron chi connectivity index (χ4n) is 1.56. The van der Waals surface area contributed by atoms with Crippen LogP contribution in [0.4, 0.5) is 0 Å². The van der Waals surface area contributed by atoms with Gasteiger partial charge in [-0.2, -0.15) is 0 Å². The summed E-state index contributed by atoms with van der Waals surface area (Å²) in [5.41, 5.74) is 4.75. The minimum absolute atomic E-state index is 0.125. The Morgan fingerprint density at radius 2 is 2.14 bits per heavy atom. The molecule has 0 aromatic heterocycles. The molecule has 0 aromatic carbocycles. The van der Waals surface area contributed by atoms with Crippen LogP contribution in [0, 0.1) is 5.41 Å². The lowest BCUT2D eigenvalue weighted by Gasteiger charge is -2.41. The second-order valence-electron chi connectivity index (χ2n) is 3.47. The van der Waals surface area contributed by atoms with Gasteiger partial charge < -0.3 is 10.5 Å². The highest BCUT2D eigenvalue weighted by Crippen LogP contribution is 2.36. The van der Waals surface area contributed by atoms with Crippen LogP contribution in [0.2, 0.25) is 0 Å². The highest BCUT2D eigenvalue weighted by molar-refractivity contribution is 7.92. The number of sulfone groups is 1. The monoisotopic (exact) mass is 219 g/mol. The molecule has 1 aliphatic rings. The van der Waals surface area contributed by atoms with Crippen LogP contribution in [0.15, 0.2) is 12.7 Å². The number of ether oxygens (including phenoxy) is 1. The Kier molecular flexibility index (Phi) is 2.69. The second kappa shape index (κ2) is 3.36. The Morgan fingerprint density at radius 1 is 1.64 bits per heavy atom. The molecule has 0 aromatic rings. The highest BCUT2D eigenvalue weighted by Gasteiger charge is 2.53. The summed E-state index contributed by atoms with van der Waals surface area (Å²) in [6.45, 7) is 3.51. The van der Waals surface area contributed by atoms with Gasteiger partial charge in [0.1, 0.15) is 6.04 Å². The van der Waals surface area contributed by atoms with Crippen molar-refractivity contribution in [2.24, 2.45) is 11.1 Å². The van der Waals surface area contributed by atoms with E-state index in [-0.39, 0.29) is 11.5 Å². The molecule has 1 heterocycles. The molecular formula is C8H13NO4S. The number of nitrogens with two attached hydrogens (primary N) is 1. The minimum atomic E-state index is -3.05. The number of esters is 1. The summed E-state index contributed by atoms with van der Waals surface area (Å²) in [5, 5.41) is 0. The maximum atomic E-state index is 11.1. The zero-order valence-electron chi connectivity index (χ0n) is 7.89. The first-order chi connectivity index (χ1) is 6.37. The van der Waals surface area contributed by atoms with E-state index in [0.29, 0.717) is 0 Å². The standard InChI is InChI=1S/C8H13NO4S/c1-3-8(4-14(11,12)5-8)6(9)7(10)13-2/h3,6H,1,4-5,9H2,2H3/t6-/m1/s1. The number of rotatable bonds is 3. The van der Waals surface area contributed by atoms with Gasteiger partial charge in [0.05, 0.1) is 18.6 Å². The van der Waals surface area contributed by atoms with Crippen LogP contribution in [0.1, 0.15) is 0 Å². The predicted octanol–water partition coefficient (Wildman–Crippen LogP) is -0.912. The zero-order valence-corrected chi connectivity index (χ0v) is 8.71. The van der Waals surface area contributed by atoms with Crippen LogP contribution in [0.3, 0.4) is 0 Å². The van der Waals surface area contributed by atoms with Crippen molar-refractivity contribution in [3.63, 3.8) is 0 Å². The number of carbonyl (C=O) groups excluding carboxylic acids is 1. The molecule has 0 unspecified atom stereocenters. The van der Waals surface area contributed by atoms with Crippen LogP contribution in [-0.2, 0) is 19.4 Å². The third-order valence-electron chi connectivity index (χ3n) is 2.46. The summed E-state index contributed by atoms with van der Waals surface area (Å²) >= 11 is 0. The van der Waals surface area contributed by atoms with Gasteiger partial charge in [-0.05, 0) is 0 Å². The molecule has 5 nitrogen and oxygen atoms in total. The molecular weight excluding hydrogens is 206 g/mol. The fourth-order valence-corrected chi connectivity index (χ4v) is 3.71. The topological polar surface area (TPSA) is 86.5 Å². The first-order valence-electron chi connectivity index (χ1n) is 4.04. The van der Waals surface area contributed by atoms with Gasteiger partial charge in [0.25, 0.3) is 0 Å². The van der Waals surface area contributed by atoms with Gasteiger partial charge in [0.2, 0.25) is 0 Å². The zero-order chi connectivity index (χ0) is 11.0. The van der Waals surface area contributed by atoms with Crippen LogP contribution in [0.25, 0.3) is 0 Å². The van der Waals surface area contributed by atoms with E-state index in [4.69, 9.17) is 5.73 Å². The molecule has 1 aliphatic heterocycles. The van der Waals surface area contributed by atoms with E-state index in [1.54, 1.807) is 0 Å². The molecule has 0 radical (unpaired) electrons. The van der Waals surface area contributed by atoms with E-state index in [2.05, 4.69) is 11.3 Å². The summed E-state index contributed by atoms with van der Waals surface area (Å²) in [4.78, 5) is 11.1. The van der Waals surface area contributed by atoms with Gasteiger partial charge in [-0.3, -0.25) is 4.79 Å². The van der Waals surface area contributed by atoms with E-state index in [0.717, 1.165) is 0 Å². The average Bonchev–Trinajstić information content (AvgIpc) is 2.10. The summed E-state index contributed by atoms with van der Waals surface area (Å²) in [6.07, 6.45) is 1.43. The largest absolute Gasteiger partial charge is 0.468 e. The number of methoxy groups -OCH3 is 1. The molecule has 14 heavy (non-hydrogen) atoms. The van der Waals surface area contributed by atoms with Crippen molar-refractivity contribution < 1.29 is 17.9 Å². The van der Waals surface area contributed by atoms with E-state index in [1.165, 1.54) is 13.2 Å². The SMILES string of the molecule is C=CC1([C@H](N)C(=O)OC)CS(=O)(=O)C1. The molecule has 0 saturated carbocycles. The smallest absolute Gasteiger partial charge is 0.323 e. The average molecular weight is 219 g/mol. The van der Waals surface area contributed by atoms with E-state index < -0.39 is 27.3 Å². The Hall–Kier alpha value is -0.880. The maximum Gasteiger partial charge on any atom is 0.323 e. The third kappa shape index (κ3) is 1.67. The molecule has 80 valence electrons. The van der Waals surface area contributed by atoms with Crippen molar-refractivity contribution in [3.8, 4) is 0 Å². The van der Waals surface area contributed by atoms with Crippen LogP contribution < -0.4 is 5.73 Å². The van der Waals surface area contributed by atoms with Gasteiger partial charge in [-0.15, -0.1) is 6.58 Å². The molecule has 0 aliphatic carbocycles. The van der Waals surface area contributed by atoms with Gasteiger partial charge in [-0.25, -0.2) is 8.42 Å². The molecule has 1 rings (SSSR count). The van der Waals surface area contributed by atoms with E-state index in [1.807, 2.05) is 0 Å². The van der Waals surface area contributed by atoms with Gasteiger partial charge in [-0.1, -0.05) is 6.08 Å². The number of carbonyl (C=O) groups is 1. The van der Waals surface area contributed by atoms with Gasteiger partial charge in [0.15, 0.2) is 9.84 Å². The third-order valence-corrected chi connectivity index (χ3v) is 4.41. The van der Waals surface area contributed by atoms with Crippen molar-refractivity contribution >= 4 is 15.8 Å². The summed E-state index contributed by atoms with van der Waals surface area (Å²) < 4.78 is 26.5. The van der Waals surface area contributed by atoms with E-state index in [9.17, 15) is 13.2 Å². The predicted molar refractivity (Wildman–Crippen MR) is 51.3 cm³/mol.